The van der Waals surface area contributed by atoms with Crippen LogP contribution in [0.3, 0.4) is 0 Å². The van der Waals surface area contributed by atoms with Gasteiger partial charge in [-0.25, -0.2) is 0 Å². The Bertz CT molecular complexity index is 396. The highest BCUT2D eigenvalue weighted by atomic mass is 35.5. The molecule has 3 atom stereocenters. The van der Waals surface area contributed by atoms with Gasteiger partial charge in [-0.3, -0.25) is 0 Å². The van der Waals surface area contributed by atoms with E-state index in [2.05, 4.69) is 6.92 Å². The summed E-state index contributed by atoms with van der Waals surface area (Å²) in [5.41, 5.74) is 1.08. The normalized spacial score (nSPS) is 24.6. The van der Waals surface area contributed by atoms with Crippen molar-refractivity contribution in [3.63, 3.8) is 0 Å². The lowest BCUT2D eigenvalue weighted by molar-refractivity contribution is -0.911. The average molecular weight is 299 g/mol. The minimum atomic E-state index is -0.373. The van der Waals surface area contributed by atoms with Crippen molar-refractivity contribution < 1.29 is 14.7 Å². The molecule has 1 fully saturated rings. The van der Waals surface area contributed by atoms with E-state index >= 15 is 0 Å². The summed E-state index contributed by atoms with van der Waals surface area (Å²) in [5.74, 6) is 0.779. The van der Waals surface area contributed by atoms with Gasteiger partial charge in [-0.05, 0) is 30.5 Å². The van der Waals surface area contributed by atoms with E-state index in [0.29, 0.717) is 13.2 Å². The first-order valence-electron chi connectivity index (χ1n) is 7.47. The van der Waals surface area contributed by atoms with Crippen LogP contribution in [0.2, 0.25) is 5.02 Å². The Labute approximate surface area is 126 Å². The predicted octanol–water partition coefficient (Wildman–Crippen LogP) is 1.53. The highest BCUT2D eigenvalue weighted by molar-refractivity contribution is 6.30. The van der Waals surface area contributed by atoms with Crippen LogP contribution in [0.25, 0.3) is 0 Å². The number of hydrogen-bond acceptors (Lipinski definition) is 2. The molecule has 2 N–H and O–H groups in total. The number of quaternary nitrogens is 1. The molecule has 1 aromatic rings. The molecular weight excluding hydrogens is 274 g/mol. The second-order valence-electron chi connectivity index (χ2n) is 5.95. The van der Waals surface area contributed by atoms with E-state index in [4.69, 9.17) is 16.3 Å². The molecule has 0 saturated carbocycles. The molecular formula is C16H25ClNO2+. The van der Waals surface area contributed by atoms with Crippen LogP contribution in [0.4, 0.5) is 0 Å². The topological polar surface area (TPSA) is 33.9 Å². The lowest BCUT2D eigenvalue weighted by Gasteiger charge is -2.29. The number of piperidine rings is 1. The molecule has 2 rings (SSSR count). The smallest absolute Gasteiger partial charge is 0.126 e. The van der Waals surface area contributed by atoms with Gasteiger partial charge in [0.05, 0.1) is 26.3 Å². The number of nitrogens with one attached hydrogen (secondary N) is 1. The van der Waals surface area contributed by atoms with Gasteiger partial charge in [0.1, 0.15) is 12.6 Å². The summed E-state index contributed by atoms with van der Waals surface area (Å²) < 4.78 is 5.58. The Kier molecular flexibility index (Phi) is 6.30. The Hall–Kier alpha value is -0.610. The molecule has 0 aliphatic carbocycles. The molecule has 1 unspecified atom stereocenters. The molecule has 0 amide bonds. The summed E-state index contributed by atoms with van der Waals surface area (Å²) in [6, 6.07) is 7.62. The second kappa shape index (κ2) is 7.99. The molecule has 20 heavy (non-hydrogen) atoms. The molecule has 0 spiro atoms. The molecule has 1 heterocycles. The Morgan fingerprint density at radius 1 is 1.40 bits per heavy atom. The minimum Gasteiger partial charge on any atom is -0.385 e. The summed E-state index contributed by atoms with van der Waals surface area (Å²) in [5, 5.41) is 10.8. The van der Waals surface area contributed by atoms with Crippen molar-refractivity contribution in [1.82, 2.24) is 0 Å². The number of ether oxygens (including phenoxy) is 1. The van der Waals surface area contributed by atoms with Gasteiger partial charge in [0.2, 0.25) is 0 Å². The quantitative estimate of drug-likeness (QED) is 0.835. The van der Waals surface area contributed by atoms with Gasteiger partial charge in [-0.1, -0.05) is 30.7 Å². The number of benzene rings is 1. The first-order valence-corrected chi connectivity index (χ1v) is 7.85. The average Bonchev–Trinajstić information content (AvgIpc) is 2.41. The fourth-order valence-electron chi connectivity index (χ4n) is 2.87. The van der Waals surface area contributed by atoms with E-state index in [1.165, 1.54) is 30.8 Å². The maximum Gasteiger partial charge on any atom is 0.126 e. The molecule has 4 heteroatoms. The number of hydrogen-bond donors (Lipinski definition) is 2. The molecule has 1 aliphatic heterocycles. The zero-order valence-electron chi connectivity index (χ0n) is 12.1. The zero-order valence-corrected chi connectivity index (χ0v) is 12.9. The van der Waals surface area contributed by atoms with Crippen LogP contribution in [0.15, 0.2) is 24.3 Å². The van der Waals surface area contributed by atoms with Crippen molar-refractivity contribution in [2.24, 2.45) is 5.92 Å². The minimum absolute atomic E-state index is 0.373. The van der Waals surface area contributed by atoms with Gasteiger partial charge >= 0.3 is 0 Å². The van der Waals surface area contributed by atoms with Crippen LogP contribution in [0.1, 0.15) is 25.3 Å². The summed E-state index contributed by atoms with van der Waals surface area (Å²) >= 11 is 5.83. The Balaban J connectivity index is 1.64. The predicted molar refractivity (Wildman–Crippen MR) is 81.1 cm³/mol. The third-order valence-electron chi connectivity index (χ3n) is 3.88. The summed E-state index contributed by atoms with van der Waals surface area (Å²) in [4.78, 5) is 1.51. The molecule has 1 aliphatic rings. The monoisotopic (exact) mass is 298 g/mol. The van der Waals surface area contributed by atoms with Crippen LogP contribution in [0.5, 0.6) is 0 Å². The van der Waals surface area contributed by atoms with Crippen molar-refractivity contribution in [1.29, 1.82) is 0 Å². The summed E-state index contributed by atoms with van der Waals surface area (Å²) in [6.45, 7) is 6.38. The van der Waals surface area contributed by atoms with Crippen molar-refractivity contribution >= 4 is 11.6 Å². The summed E-state index contributed by atoms with van der Waals surface area (Å²) in [7, 11) is 0. The highest BCUT2D eigenvalue weighted by Crippen LogP contribution is 2.10. The lowest BCUT2D eigenvalue weighted by atomic mass is 10.0. The van der Waals surface area contributed by atoms with Gasteiger partial charge in [-0.15, -0.1) is 0 Å². The SMILES string of the molecule is C[C@H]1CCC[NH+](C[C@H](O)COCc2ccc(Cl)cc2)C1. The largest absolute Gasteiger partial charge is 0.385 e. The zero-order chi connectivity index (χ0) is 14.4. The third-order valence-corrected chi connectivity index (χ3v) is 4.13. The Morgan fingerprint density at radius 3 is 2.85 bits per heavy atom. The van der Waals surface area contributed by atoms with E-state index in [9.17, 15) is 5.11 Å². The first-order chi connectivity index (χ1) is 9.63. The molecule has 1 saturated heterocycles. The number of rotatable bonds is 6. The van der Waals surface area contributed by atoms with Gasteiger partial charge < -0.3 is 14.7 Å². The van der Waals surface area contributed by atoms with Crippen molar-refractivity contribution in [3.05, 3.63) is 34.9 Å². The number of aliphatic hydroxyl groups is 1. The number of aliphatic hydroxyl groups excluding tert-OH is 1. The van der Waals surface area contributed by atoms with E-state index in [-0.39, 0.29) is 6.10 Å². The van der Waals surface area contributed by atoms with Crippen molar-refractivity contribution in [2.75, 3.05) is 26.2 Å². The number of likely N-dealkylation sites (tertiary alicyclic amines) is 1. The van der Waals surface area contributed by atoms with Gasteiger partial charge in [0, 0.05) is 10.9 Å². The molecule has 3 nitrogen and oxygen atoms in total. The van der Waals surface area contributed by atoms with Crippen LogP contribution in [0, 0.1) is 5.92 Å². The van der Waals surface area contributed by atoms with Crippen LogP contribution in [-0.2, 0) is 11.3 Å². The second-order valence-corrected chi connectivity index (χ2v) is 6.39. The van der Waals surface area contributed by atoms with Crippen LogP contribution in [-0.4, -0.2) is 37.5 Å². The number of halogens is 1. The van der Waals surface area contributed by atoms with Gasteiger partial charge in [-0.2, -0.15) is 0 Å². The van der Waals surface area contributed by atoms with Gasteiger partial charge in [0.25, 0.3) is 0 Å². The van der Waals surface area contributed by atoms with E-state index in [1.54, 1.807) is 0 Å². The maximum atomic E-state index is 10.0. The highest BCUT2D eigenvalue weighted by Gasteiger charge is 2.22. The van der Waals surface area contributed by atoms with Gasteiger partial charge in [0.15, 0.2) is 0 Å². The molecule has 0 aromatic heterocycles. The fraction of sp³-hybridized carbons (Fsp3) is 0.625. The molecule has 1 aromatic carbocycles. The van der Waals surface area contributed by atoms with E-state index in [0.717, 1.165) is 23.0 Å². The standard InChI is InChI=1S/C16H24ClNO2/c1-13-3-2-8-18(9-13)10-16(19)12-20-11-14-4-6-15(17)7-5-14/h4-7,13,16,19H,2-3,8-12H2,1H3/p+1/t13-,16-/m0/s1. The Morgan fingerprint density at radius 2 is 2.15 bits per heavy atom. The fourth-order valence-corrected chi connectivity index (χ4v) is 2.99. The van der Waals surface area contributed by atoms with E-state index < -0.39 is 0 Å². The van der Waals surface area contributed by atoms with Crippen LogP contribution >= 0.6 is 11.6 Å². The summed E-state index contributed by atoms with van der Waals surface area (Å²) in [6.07, 6.45) is 2.23. The molecule has 0 radical (unpaired) electrons. The van der Waals surface area contributed by atoms with E-state index in [1.807, 2.05) is 24.3 Å². The third kappa shape index (κ3) is 5.41. The van der Waals surface area contributed by atoms with Crippen molar-refractivity contribution in [3.8, 4) is 0 Å². The maximum absolute atomic E-state index is 10.0. The molecule has 0 bridgehead atoms. The van der Waals surface area contributed by atoms with Crippen LogP contribution < -0.4 is 4.90 Å². The molecule has 112 valence electrons. The first kappa shape index (κ1) is 15.8. The van der Waals surface area contributed by atoms with Crippen molar-refractivity contribution in [2.45, 2.75) is 32.5 Å². The lowest BCUT2D eigenvalue weighted by Crippen LogP contribution is -3.14.